The lowest BCUT2D eigenvalue weighted by Gasteiger charge is -2.30. The van der Waals surface area contributed by atoms with Gasteiger partial charge in [-0.2, -0.15) is 10.0 Å². The van der Waals surface area contributed by atoms with Gasteiger partial charge in [-0.25, -0.2) is 9.78 Å². The molecule has 3 rings (SSSR count). The van der Waals surface area contributed by atoms with E-state index in [-0.39, 0.29) is 54.5 Å². The molecule has 4 atom stereocenters. The summed E-state index contributed by atoms with van der Waals surface area (Å²) in [6.07, 6.45) is 13.4. The van der Waals surface area contributed by atoms with Crippen molar-refractivity contribution in [3.63, 3.8) is 0 Å². The van der Waals surface area contributed by atoms with Gasteiger partial charge in [0.25, 0.3) is 5.91 Å². The highest BCUT2D eigenvalue weighted by Crippen LogP contribution is 2.48. The third-order valence-corrected chi connectivity index (χ3v) is 8.57. The summed E-state index contributed by atoms with van der Waals surface area (Å²) in [6.45, 7) is 8.21. The number of aromatic nitrogens is 1. The third kappa shape index (κ3) is 8.91. The van der Waals surface area contributed by atoms with E-state index in [1.54, 1.807) is 31.2 Å². The van der Waals surface area contributed by atoms with Gasteiger partial charge in [0.15, 0.2) is 10.8 Å². The van der Waals surface area contributed by atoms with Crippen molar-refractivity contribution in [2.45, 2.75) is 76.7 Å². The Morgan fingerprint density at radius 2 is 1.86 bits per heavy atom. The molecule has 42 heavy (non-hydrogen) atoms. The largest absolute Gasteiger partial charge is 0.460 e. The molecule has 0 saturated carbocycles. The van der Waals surface area contributed by atoms with Crippen LogP contribution in [0.5, 0.6) is 0 Å². The molecule has 1 fully saturated rings. The summed E-state index contributed by atoms with van der Waals surface area (Å²) in [5, 5.41) is 13.6. The Morgan fingerprint density at radius 1 is 1.14 bits per heavy atom. The van der Waals surface area contributed by atoms with Crippen molar-refractivity contribution in [1.82, 2.24) is 15.2 Å². The van der Waals surface area contributed by atoms with Crippen LogP contribution in [0.25, 0.3) is 0 Å². The molecule has 2 amide bonds. The van der Waals surface area contributed by atoms with Crippen LogP contribution in [0.15, 0.2) is 45.5 Å². The van der Waals surface area contributed by atoms with Crippen LogP contribution in [-0.2, 0) is 25.5 Å². The molecule has 0 spiro atoms. The number of aliphatic hydroxyl groups excluding tert-OH is 1. The van der Waals surface area contributed by atoms with E-state index in [1.807, 2.05) is 39.5 Å². The lowest BCUT2D eigenvalue weighted by molar-refractivity contribution is -0.158. The Hall–Kier alpha value is -3.18. The van der Waals surface area contributed by atoms with Gasteiger partial charge in [-0.3, -0.25) is 14.4 Å². The van der Waals surface area contributed by atoms with Gasteiger partial charge in [0.2, 0.25) is 11.8 Å². The molecule has 1 aromatic heterocycles. The number of fused-ring (bicyclic) bond motifs is 3. The SMILES string of the molecule is CC1=C\[C@@H](O)CC(=O)Cc2nc(c(S(C)(C)C)o2)C(=O)N2CCC[C@@H]2C(=O)O[C@H](C(C)C)[C@H](C)/C=C/C(=O)NC\C=C\1. The molecule has 0 aromatic carbocycles. The van der Waals surface area contributed by atoms with E-state index in [2.05, 4.69) is 10.3 Å². The molecule has 0 aliphatic carbocycles. The van der Waals surface area contributed by atoms with Crippen molar-refractivity contribution >= 4 is 33.6 Å². The first-order valence-electron chi connectivity index (χ1n) is 14.4. The number of allylic oxidation sites excluding steroid dienone is 2. The number of carbonyl (C=O) groups is 4. The number of rotatable bonds is 2. The molecule has 232 valence electrons. The number of ether oxygens (including phenoxy) is 1. The molecule has 0 radical (unpaired) electrons. The van der Waals surface area contributed by atoms with E-state index in [9.17, 15) is 24.3 Å². The lowest BCUT2D eigenvalue weighted by atomic mass is 9.94. The number of oxazole rings is 1. The van der Waals surface area contributed by atoms with Gasteiger partial charge in [0, 0.05) is 25.4 Å². The van der Waals surface area contributed by atoms with Gasteiger partial charge < -0.3 is 24.5 Å². The first kappa shape index (κ1) is 33.3. The molecule has 2 bridgehead atoms. The van der Waals surface area contributed by atoms with E-state index in [4.69, 9.17) is 9.15 Å². The highest BCUT2D eigenvalue weighted by molar-refractivity contribution is 8.32. The monoisotopic (exact) mass is 603 g/mol. The topological polar surface area (TPSA) is 139 Å². The van der Waals surface area contributed by atoms with Crippen LogP contribution in [0.3, 0.4) is 0 Å². The zero-order valence-corrected chi connectivity index (χ0v) is 26.5. The highest BCUT2D eigenvalue weighted by Gasteiger charge is 2.40. The molecule has 11 heteroatoms. The van der Waals surface area contributed by atoms with Crippen molar-refractivity contribution < 1.29 is 33.4 Å². The molecular weight excluding hydrogens is 558 g/mol. The van der Waals surface area contributed by atoms with Crippen LogP contribution in [-0.4, -0.2) is 88.7 Å². The number of ketones is 1. The van der Waals surface area contributed by atoms with Crippen molar-refractivity contribution in [2.75, 3.05) is 31.9 Å². The maximum Gasteiger partial charge on any atom is 0.329 e. The van der Waals surface area contributed by atoms with E-state index in [0.29, 0.717) is 24.5 Å². The zero-order chi connectivity index (χ0) is 31.2. The fraction of sp³-hybridized carbons (Fsp3) is 0.581. The number of amides is 2. The van der Waals surface area contributed by atoms with Gasteiger partial charge in [-0.1, -0.05) is 50.6 Å². The average molecular weight is 604 g/mol. The van der Waals surface area contributed by atoms with Crippen LogP contribution in [0.1, 0.15) is 63.3 Å². The van der Waals surface area contributed by atoms with Crippen LogP contribution in [0.2, 0.25) is 0 Å². The molecule has 10 nitrogen and oxygen atoms in total. The van der Waals surface area contributed by atoms with Crippen molar-refractivity contribution in [3.8, 4) is 0 Å². The summed E-state index contributed by atoms with van der Waals surface area (Å²) in [4.78, 5) is 58.4. The summed E-state index contributed by atoms with van der Waals surface area (Å²) in [5.41, 5.74) is 0.846. The van der Waals surface area contributed by atoms with Crippen molar-refractivity contribution in [1.29, 1.82) is 0 Å². The summed E-state index contributed by atoms with van der Waals surface area (Å²) in [6, 6.07) is -0.776. The van der Waals surface area contributed by atoms with Gasteiger partial charge in [0.1, 0.15) is 17.9 Å². The number of cyclic esters (lactones) is 1. The molecular formula is C31H45N3O7S. The standard InChI is InChI=1S/C31H45N3O7S/c1-19(2)28-21(4)12-13-25(37)32-14-8-10-20(3)16-22(35)17-23(36)18-26-33-27(31(40-26)42(5,6)7)29(38)34-15-9-11-24(34)30(39)41-28/h8,10,12-13,16,19,21-22,24,28,35H,9,11,14-15,17-18H2,1-7H3,(H,32,37)/b10-8+,13-12+,20-16+/t21-,22-,24-,28-/m1/s1. The van der Waals surface area contributed by atoms with Gasteiger partial charge >= 0.3 is 5.97 Å². The molecule has 1 saturated heterocycles. The van der Waals surface area contributed by atoms with Crippen molar-refractivity contribution in [3.05, 3.63) is 47.5 Å². The minimum atomic E-state index is -1.57. The second-order valence-electron chi connectivity index (χ2n) is 12.1. The quantitative estimate of drug-likeness (QED) is 0.489. The maximum atomic E-state index is 13.8. The van der Waals surface area contributed by atoms with E-state index < -0.39 is 40.2 Å². The minimum absolute atomic E-state index is 0.0310. The average Bonchev–Trinajstić information content (AvgIpc) is 3.54. The Balaban J connectivity index is 1.98. The number of hydrogen-bond acceptors (Lipinski definition) is 8. The second kappa shape index (κ2) is 14.3. The second-order valence-corrected chi connectivity index (χ2v) is 16.2. The van der Waals surface area contributed by atoms with Crippen molar-refractivity contribution in [2.24, 2.45) is 11.8 Å². The highest BCUT2D eigenvalue weighted by atomic mass is 32.3. The Labute approximate surface area is 250 Å². The van der Waals surface area contributed by atoms with Crippen LogP contribution in [0, 0.1) is 11.8 Å². The number of Topliss-reactive ketones (excluding diaryl/α,β-unsaturated/α-hetero) is 1. The fourth-order valence-electron chi connectivity index (χ4n) is 5.13. The summed E-state index contributed by atoms with van der Waals surface area (Å²) >= 11 is 0. The molecule has 2 aliphatic heterocycles. The number of aliphatic hydroxyl groups is 1. The number of nitrogens with one attached hydrogen (secondary N) is 1. The van der Waals surface area contributed by atoms with Crippen LogP contribution < -0.4 is 5.32 Å². The predicted molar refractivity (Wildman–Crippen MR) is 162 cm³/mol. The molecule has 2 aliphatic rings. The van der Waals surface area contributed by atoms with Crippen LogP contribution >= 0.6 is 10.0 Å². The smallest absolute Gasteiger partial charge is 0.329 e. The molecule has 0 unspecified atom stereocenters. The van der Waals surface area contributed by atoms with Gasteiger partial charge in [0.05, 0.1) is 12.5 Å². The Morgan fingerprint density at radius 3 is 2.52 bits per heavy atom. The number of esters is 1. The Kier molecular flexibility index (Phi) is 11.4. The normalized spacial score (nSPS) is 28.9. The van der Waals surface area contributed by atoms with E-state index in [1.165, 1.54) is 11.0 Å². The maximum absolute atomic E-state index is 13.8. The lowest BCUT2D eigenvalue weighted by Crippen LogP contribution is -2.44. The van der Waals surface area contributed by atoms with Crippen LogP contribution in [0.4, 0.5) is 0 Å². The number of carbonyl (C=O) groups excluding carboxylic acids is 4. The zero-order valence-electron chi connectivity index (χ0n) is 25.7. The number of hydrogen-bond donors (Lipinski definition) is 2. The Bertz CT molecular complexity index is 1260. The molecule has 1 aromatic rings. The van der Waals surface area contributed by atoms with E-state index in [0.717, 1.165) is 5.57 Å². The summed E-state index contributed by atoms with van der Waals surface area (Å²) < 4.78 is 12.0. The van der Waals surface area contributed by atoms with E-state index >= 15 is 0 Å². The van der Waals surface area contributed by atoms with Gasteiger partial charge in [-0.15, -0.1) is 0 Å². The predicted octanol–water partition coefficient (Wildman–Crippen LogP) is 3.59. The third-order valence-electron chi connectivity index (χ3n) is 7.18. The summed E-state index contributed by atoms with van der Waals surface area (Å²) in [5.74, 6) is -1.67. The minimum Gasteiger partial charge on any atom is -0.460 e. The molecule has 3 heterocycles. The fourth-order valence-corrected chi connectivity index (χ4v) is 6.19. The molecule has 2 N–H and O–H groups in total. The first-order valence-corrected chi connectivity index (χ1v) is 17.2. The number of nitrogens with zero attached hydrogens (tertiary/aromatic N) is 2. The first-order chi connectivity index (χ1) is 19.7. The van der Waals surface area contributed by atoms with Gasteiger partial charge in [-0.05, 0) is 50.5 Å². The summed E-state index contributed by atoms with van der Waals surface area (Å²) in [7, 11) is -1.57.